The van der Waals surface area contributed by atoms with E-state index in [0.717, 1.165) is 10.8 Å². The van der Waals surface area contributed by atoms with Crippen molar-refractivity contribution in [3.63, 3.8) is 0 Å². The van der Waals surface area contributed by atoms with Crippen molar-refractivity contribution in [2.75, 3.05) is 6.54 Å². The summed E-state index contributed by atoms with van der Waals surface area (Å²) in [6, 6.07) is 3.41. The number of hydrogen-bond donors (Lipinski definition) is 2. The molecule has 0 saturated carbocycles. The van der Waals surface area contributed by atoms with Gasteiger partial charge in [-0.1, -0.05) is 79.2 Å². The topological polar surface area (TPSA) is 75.6 Å². The molecule has 1 aromatic rings. The number of alkyl halides is 3. The summed E-state index contributed by atoms with van der Waals surface area (Å²) in [7, 11) is 0. The first-order valence-corrected chi connectivity index (χ1v) is 15.9. The van der Waals surface area contributed by atoms with Crippen LogP contribution in [0.25, 0.3) is 0 Å². The maximum Gasteiger partial charge on any atom is 0.416 e. The molecule has 0 radical (unpaired) electrons. The Morgan fingerprint density at radius 2 is 1.67 bits per heavy atom. The Hall–Kier alpha value is -2.81. The van der Waals surface area contributed by atoms with Crippen LogP contribution in [0, 0.1) is 17.8 Å². The normalized spacial score (nSPS) is 14.4. The van der Waals surface area contributed by atoms with Gasteiger partial charge in [0, 0.05) is 17.3 Å². The number of thiophene rings is 1. The molecule has 9 heteroatoms. The molecule has 1 heterocycles. The molecule has 1 rings (SSSR count). The molecule has 5 nitrogen and oxygen atoms in total. The zero-order chi connectivity index (χ0) is 33.9. The molecule has 0 aromatic carbocycles. The van der Waals surface area contributed by atoms with Gasteiger partial charge in [0.25, 0.3) is 5.91 Å². The minimum Gasteiger partial charge on any atom is -0.490 e. The number of carboxylic acid groups (broad SMARTS) is 1. The smallest absolute Gasteiger partial charge is 0.416 e. The number of ether oxygens (including phenoxy) is 1. The fraction of sp³-hybridized carbons (Fsp3) is 0.588. The number of amides is 1. The van der Waals surface area contributed by atoms with Crippen LogP contribution in [0.4, 0.5) is 13.2 Å². The number of carbonyl (C=O) groups excluding carboxylic acids is 1. The Kier molecular flexibility index (Phi) is 21.5. The molecule has 246 valence electrons. The van der Waals surface area contributed by atoms with Gasteiger partial charge in [0.05, 0.1) is 22.6 Å². The van der Waals surface area contributed by atoms with E-state index in [1.807, 2.05) is 27.7 Å². The summed E-state index contributed by atoms with van der Waals surface area (Å²) in [4.78, 5) is 24.0. The van der Waals surface area contributed by atoms with Crippen LogP contribution in [0.1, 0.15) is 116 Å². The van der Waals surface area contributed by atoms with Crippen LogP contribution in [0.3, 0.4) is 0 Å². The van der Waals surface area contributed by atoms with Crippen molar-refractivity contribution in [2.45, 2.75) is 108 Å². The molecule has 2 N–H and O–H groups in total. The summed E-state index contributed by atoms with van der Waals surface area (Å²) >= 11 is 1.23. The summed E-state index contributed by atoms with van der Waals surface area (Å²) in [5.74, 6) is -0.786. The number of carbonyl (C=O) groups is 2. The standard InChI is InChI=1S/C27H36F3NO4S.C5H12.C2H6/c1-8-10-21(27(28,29)30)20(9-2)25(16(3)4)17(5)15-18(6)35-19(7)22-11-12-23(36-22)26(34)31-14-13-24(32)33;1-4-5(2)3;1-2/h9-12,15,17,19,25H,3,8,13-14H2,1-2,4-7H3,(H,31,34)(H,32,33);5H,4H2,1-3H3;1-2H3/b18-15+,20-9+,21-10+;;. The molecule has 0 aliphatic heterocycles. The highest BCUT2D eigenvalue weighted by atomic mass is 32.1. The molecule has 0 aliphatic carbocycles. The van der Waals surface area contributed by atoms with Crippen LogP contribution in [-0.4, -0.2) is 29.7 Å². The Morgan fingerprint density at radius 1 is 1.12 bits per heavy atom. The molecule has 0 spiro atoms. The fourth-order valence-electron chi connectivity index (χ4n) is 4.01. The molecule has 1 amide bonds. The van der Waals surface area contributed by atoms with Crippen LogP contribution in [0.15, 0.2) is 59.4 Å². The predicted molar refractivity (Wildman–Crippen MR) is 174 cm³/mol. The number of allylic oxidation sites excluding steroid dienone is 7. The second-order valence-electron chi connectivity index (χ2n) is 10.4. The van der Waals surface area contributed by atoms with E-state index in [1.165, 1.54) is 29.9 Å². The van der Waals surface area contributed by atoms with Gasteiger partial charge in [0.1, 0.15) is 6.10 Å². The Morgan fingerprint density at radius 3 is 2.09 bits per heavy atom. The van der Waals surface area contributed by atoms with Gasteiger partial charge in [-0.05, 0) is 69.7 Å². The number of aliphatic carboxylic acids is 1. The van der Waals surface area contributed by atoms with Crippen LogP contribution in [0.2, 0.25) is 0 Å². The number of rotatable bonds is 14. The van der Waals surface area contributed by atoms with E-state index in [4.69, 9.17) is 9.84 Å². The van der Waals surface area contributed by atoms with Gasteiger partial charge in [0.2, 0.25) is 0 Å². The van der Waals surface area contributed by atoms with Crippen LogP contribution < -0.4 is 5.32 Å². The average molecular weight is 630 g/mol. The Labute approximate surface area is 262 Å². The number of hydrogen-bond acceptors (Lipinski definition) is 4. The van der Waals surface area contributed by atoms with Crippen molar-refractivity contribution in [3.8, 4) is 0 Å². The predicted octanol–water partition coefficient (Wildman–Crippen LogP) is 10.7. The van der Waals surface area contributed by atoms with Gasteiger partial charge in [0.15, 0.2) is 0 Å². The molecule has 1 aromatic heterocycles. The fourth-order valence-corrected chi connectivity index (χ4v) is 4.91. The van der Waals surface area contributed by atoms with Crippen molar-refractivity contribution in [3.05, 3.63) is 69.2 Å². The largest absolute Gasteiger partial charge is 0.490 e. The highest BCUT2D eigenvalue weighted by Gasteiger charge is 2.38. The van der Waals surface area contributed by atoms with E-state index in [-0.39, 0.29) is 36.8 Å². The maximum absolute atomic E-state index is 13.8. The van der Waals surface area contributed by atoms with Gasteiger partial charge >= 0.3 is 12.1 Å². The summed E-state index contributed by atoms with van der Waals surface area (Å²) in [6.07, 6.45) is 1.06. The first-order chi connectivity index (χ1) is 20.0. The minimum atomic E-state index is -4.47. The molecular weight excluding hydrogens is 575 g/mol. The van der Waals surface area contributed by atoms with Crippen LogP contribution in [-0.2, 0) is 9.53 Å². The monoisotopic (exact) mass is 629 g/mol. The van der Waals surface area contributed by atoms with Crippen molar-refractivity contribution >= 4 is 23.2 Å². The summed E-state index contributed by atoms with van der Waals surface area (Å²) in [6.45, 7) is 25.1. The molecule has 0 bridgehead atoms. The van der Waals surface area contributed by atoms with E-state index < -0.39 is 29.7 Å². The Balaban J connectivity index is 0. The summed E-state index contributed by atoms with van der Waals surface area (Å²) in [5.41, 5.74) is 0.175. The molecule has 0 fully saturated rings. The molecule has 3 unspecified atom stereocenters. The van der Waals surface area contributed by atoms with E-state index in [2.05, 4.69) is 32.7 Å². The lowest BCUT2D eigenvalue weighted by atomic mass is 9.78. The van der Waals surface area contributed by atoms with Crippen LogP contribution >= 0.6 is 11.3 Å². The highest BCUT2D eigenvalue weighted by molar-refractivity contribution is 7.14. The van der Waals surface area contributed by atoms with E-state index >= 15 is 0 Å². The minimum absolute atomic E-state index is 0.0365. The summed E-state index contributed by atoms with van der Waals surface area (Å²) < 4.78 is 47.4. The van der Waals surface area contributed by atoms with Gasteiger partial charge < -0.3 is 15.2 Å². The van der Waals surface area contributed by atoms with E-state index in [1.54, 1.807) is 45.9 Å². The van der Waals surface area contributed by atoms with Crippen molar-refractivity contribution < 1.29 is 32.6 Å². The molecule has 3 atom stereocenters. The molecule has 0 aliphatic rings. The third-order valence-electron chi connectivity index (χ3n) is 6.28. The number of nitrogens with one attached hydrogen (secondary N) is 1. The third-order valence-corrected chi connectivity index (χ3v) is 7.52. The molecule has 0 saturated heterocycles. The molecular formula is C34H54F3NO4S. The van der Waals surface area contributed by atoms with Gasteiger partial charge in [-0.15, -0.1) is 11.3 Å². The maximum atomic E-state index is 13.8. The van der Waals surface area contributed by atoms with Gasteiger partial charge in [-0.2, -0.15) is 13.2 Å². The lowest BCUT2D eigenvalue weighted by Gasteiger charge is -2.28. The number of carboxylic acids is 1. The lowest BCUT2D eigenvalue weighted by molar-refractivity contribution is -0.136. The first kappa shape index (κ1) is 42.3. The Bertz CT molecular complexity index is 1080. The lowest BCUT2D eigenvalue weighted by Crippen LogP contribution is -2.25. The van der Waals surface area contributed by atoms with Gasteiger partial charge in [-0.25, -0.2) is 0 Å². The zero-order valence-corrected chi connectivity index (χ0v) is 28.8. The zero-order valence-electron chi connectivity index (χ0n) is 27.9. The van der Waals surface area contributed by atoms with E-state index in [0.29, 0.717) is 16.2 Å². The van der Waals surface area contributed by atoms with Crippen molar-refractivity contribution in [1.82, 2.24) is 5.32 Å². The molecule has 43 heavy (non-hydrogen) atoms. The second kappa shape index (κ2) is 21.8. The SMILES string of the molecule is C=C(C)C(C(=C/C)/C(=C\CC)C(F)(F)F)C(C)/C=C(\C)OC(C)c1ccc(C(=O)NCCC(=O)O)s1.CC.CCC(C)C. The van der Waals surface area contributed by atoms with E-state index in [9.17, 15) is 22.8 Å². The summed E-state index contributed by atoms with van der Waals surface area (Å²) in [5, 5.41) is 11.2. The average Bonchev–Trinajstić information content (AvgIpc) is 3.41. The quantitative estimate of drug-likeness (QED) is 0.122. The third kappa shape index (κ3) is 16.6. The number of halogens is 3. The van der Waals surface area contributed by atoms with Crippen molar-refractivity contribution in [1.29, 1.82) is 0 Å². The van der Waals surface area contributed by atoms with Crippen molar-refractivity contribution in [2.24, 2.45) is 17.8 Å². The van der Waals surface area contributed by atoms with Crippen LogP contribution in [0.5, 0.6) is 0 Å². The van der Waals surface area contributed by atoms with Gasteiger partial charge in [-0.3, -0.25) is 9.59 Å². The second-order valence-corrected chi connectivity index (χ2v) is 11.5. The highest BCUT2D eigenvalue weighted by Crippen LogP contribution is 2.41. The first-order valence-electron chi connectivity index (χ1n) is 15.0.